The molecule has 1 aliphatic rings. The fraction of sp³-hybridized carbons (Fsp3) is 0.333. The van der Waals surface area contributed by atoms with Crippen molar-refractivity contribution in [1.29, 1.82) is 0 Å². The molecular weight excluding hydrogens is 445 g/mol. The lowest BCUT2D eigenvalue weighted by Gasteiger charge is -2.21. The molecule has 0 aliphatic heterocycles. The Morgan fingerprint density at radius 2 is 1.94 bits per heavy atom. The SMILES string of the molecule is O=C(O)Cc1csc(NC(=O)c2cc3c(n(Cc4cccc(F)c4)c2=O)CCCCCC3)n1. The van der Waals surface area contributed by atoms with Gasteiger partial charge in [-0.3, -0.25) is 19.7 Å². The maximum absolute atomic E-state index is 13.8. The third-order valence-corrected chi connectivity index (χ3v) is 6.49. The number of aryl methyl sites for hydroxylation is 1. The first-order valence-electron chi connectivity index (χ1n) is 10.9. The molecule has 7 nitrogen and oxygen atoms in total. The molecule has 33 heavy (non-hydrogen) atoms. The first-order chi connectivity index (χ1) is 15.9. The lowest BCUT2D eigenvalue weighted by Crippen LogP contribution is -2.33. The molecular formula is C24H24FN3O4S. The number of anilines is 1. The van der Waals surface area contributed by atoms with Crippen LogP contribution in [-0.4, -0.2) is 26.5 Å². The van der Waals surface area contributed by atoms with Crippen molar-refractivity contribution in [3.05, 3.63) is 80.0 Å². The molecule has 1 aliphatic carbocycles. The summed E-state index contributed by atoms with van der Waals surface area (Å²) in [6.07, 6.45) is 5.34. The fourth-order valence-electron chi connectivity index (χ4n) is 4.15. The molecule has 4 rings (SSSR count). The predicted octanol–water partition coefficient (Wildman–Crippen LogP) is 4.03. The summed E-state index contributed by atoms with van der Waals surface area (Å²) in [5.74, 6) is -1.98. The Labute approximate surface area is 193 Å². The molecule has 2 heterocycles. The Morgan fingerprint density at radius 3 is 2.70 bits per heavy atom. The van der Waals surface area contributed by atoms with Crippen molar-refractivity contribution < 1.29 is 19.1 Å². The maximum Gasteiger partial charge on any atom is 0.309 e. The Balaban J connectivity index is 1.70. The maximum atomic E-state index is 13.8. The summed E-state index contributed by atoms with van der Waals surface area (Å²) >= 11 is 1.11. The van der Waals surface area contributed by atoms with E-state index < -0.39 is 17.4 Å². The summed E-state index contributed by atoms with van der Waals surface area (Å²) < 4.78 is 15.4. The number of nitrogens with zero attached hydrogens (tertiary/aromatic N) is 2. The van der Waals surface area contributed by atoms with Crippen LogP contribution in [0, 0.1) is 5.82 Å². The van der Waals surface area contributed by atoms with Gasteiger partial charge in [-0.2, -0.15) is 0 Å². The average Bonchev–Trinajstić information content (AvgIpc) is 3.17. The van der Waals surface area contributed by atoms with E-state index in [1.165, 1.54) is 12.1 Å². The molecule has 0 saturated heterocycles. The van der Waals surface area contributed by atoms with E-state index in [0.717, 1.165) is 61.1 Å². The van der Waals surface area contributed by atoms with E-state index in [1.54, 1.807) is 28.1 Å². The van der Waals surface area contributed by atoms with Crippen molar-refractivity contribution in [2.75, 3.05) is 5.32 Å². The van der Waals surface area contributed by atoms with Gasteiger partial charge in [0.05, 0.1) is 18.7 Å². The predicted molar refractivity (Wildman–Crippen MR) is 123 cm³/mol. The number of hydrogen-bond acceptors (Lipinski definition) is 5. The van der Waals surface area contributed by atoms with Crippen LogP contribution in [0.4, 0.5) is 9.52 Å². The molecule has 0 bridgehead atoms. The summed E-state index contributed by atoms with van der Waals surface area (Å²) in [5, 5.41) is 13.3. The van der Waals surface area contributed by atoms with Gasteiger partial charge < -0.3 is 9.67 Å². The van der Waals surface area contributed by atoms with E-state index in [1.807, 2.05) is 0 Å². The molecule has 0 saturated carbocycles. The number of pyridine rings is 1. The standard InChI is InChI=1S/C24H24FN3O4S/c25-17-8-5-6-15(10-17)13-28-20-9-4-2-1-3-7-16(20)11-19(23(28)32)22(31)27-24-26-18(14-33-24)12-21(29)30/h5-6,8,10-11,14H,1-4,7,9,12-13H2,(H,29,30)(H,26,27,31). The van der Waals surface area contributed by atoms with Crippen molar-refractivity contribution >= 4 is 28.3 Å². The monoisotopic (exact) mass is 469 g/mol. The summed E-state index contributed by atoms with van der Waals surface area (Å²) in [5.41, 5.74) is 2.42. The fourth-order valence-corrected chi connectivity index (χ4v) is 4.85. The topological polar surface area (TPSA) is 101 Å². The molecule has 1 amide bonds. The minimum Gasteiger partial charge on any atom is -0.481 e. The molecule has 3 aromatic rings. The Hall–Kier alpha value is -3.33. The second-order valence-electron chi connectivity index (χ2n) is 8.13. The zero-order valence-corrected chi connectivity index (χ0v) is 18.8. The molecule has 172 valence electrons. The number of aliphatic carboxylic acids is 1. The molecule has 0 unspecified atom stereocenters. The smallest absolute Gasteiger partial charge is 0.309 e. The Morgan fingerprint density at radius 1 is 1.15 bits per heavy atom. The zero-order chi connectivity index (χ0) is 23.4. The van der Waals surface area contributed by atoms with Gasteiger partial charge in [-0.15, -0.1) is 11.3 Å². The summed E-state index contributed by atoms with van der Waals surface area (Å²) in [4.78, 5) is 41.4. The van der Waals surface area contributed by atoms with Gasteiger partial charge in [0, 0.05) is 11.1 Å². The van der Waals surface area contributed by atoms with Gasteiger partial charge >= 0.3 is 5.97 Å². The van der Waals surface area contributed by atoms with Crippen molar-refractivity contribution in [3.8, 4) is 0 Å². The van der Waals surface area contributed by atoms with Crippen LogP contribution in [-0.2, 0) is 30.6 Å². The molecule has 0 radical (unpaired) electrons. The molecule has 0 spiro atoms. The Bertz CT molecular complexity index is 1250. The Kier molecular flexibility index (Phi) is 6.98. The molecule has 2 N–H and O–H groups in total. The van der Waals surface area contributed by atoms with E-state index in [2.05, 4.69) is 10.3 Å². The van der Waals surface area contributed by atoms with Crippen LogP contribution in [0.2, 0.25) is 0 Å². The van der Waals surface area contributed by atoms with Gasteiger partial charge in [-0.1, -0.05) is 25.0 Å². The van der Waals surface area contributed by atoms with Crippen molar-refractivity contribution in [2.24, 2.45) is 0 Å². The number of nitrogens with one attached hydrogen (secondary N) is 1. The normalized spacial score (nSPS) is 13.6. The van der Waals surface area contributed by atoms with Crippen LogP contribution >= 0.6 is 11.3 Å². The number of amides is 1. The molecule has 9 heteroatoms. The second kappa shape index (κ2) is 10.1. The number of carboxylic acids is 1. The van der Waals surface area contributed by atoms with E-state index in [-0.39, 0.29) is 29.5 Å². The minimum atomic E-state index is -1.01. The van der Waals surface area contributed by atoms with Gasteiger partial charge in [0.15, 0.2) is 5.13 Å². The highest BCUT2D eigenvalue weighted by Crippen LogP contribution is 2.22. The van der Waals surface area contributed by atoms with E-state index in [0.29, 0.717) is 11.3 Å². The van der Waals surface area contributed by atoms with Gasteiger partial charge in [-0.05, 0) is 55.0 Å². The van der Waals surface area contributed by atoms with Gasteiger partial charge in [0.2, 0.25) is 0 Å². The number of carbonyl (C=O) groups is 2. The summed E-state index contributed by atoms with van der Waals surface area (Å²) in [6.45, 7) is 0.181. The van der Waals surface area contributed by atoms with Crippen LogP contribution in [0.25, 0.3) is 0 Å². The number of rotatable bonds is 6. The first-order valence-corrected chi connectivity index (χ1v) is 11.8. The van der Waals surface area contributed by atoms with Crippen LogP contribution in [0.3, 0.4) is 0 Å². The number of hydrogen-bond donors (Lipinski definition) is 2. The van der Waals surface area contributed by atoms with Gasteiger partial charge in [0.1, 0.15) is 11.4 Å². The van der Waals surface area contributed by atoms with Crippen molar-refractivity contribution in [1.82, 2.24) is 9.55 Å². The zero-order valence-electron chi connectivity index (χ0n) is 18.0. The number of fused-ring (bicyclic) bond motifs is 1. The average molecular weight is 470 g/mol. The highest BCUT2D eigenvalue weighted by molar-refractivity contribution is 7.14. The van der Waals surface area contributed by atoms with E-state index in [4.69, 9.17) is 5.11 Å². The van der Waals surface area contributed by atoms with Crippen molar-refractivity contribution in [3.63, 3.8) is 0 Å². The quantitative estimate of drug-likeness (QED) is 0.568. The largest absolute Gasteiger partial charge is 0.481 e. The van der Waals surface area contributed by atoms with Crippen LogP contribution in [0.15, 0.2) is 40.5 Å². The highest BCUT2D eigenvalue weighted by Gasteiger charge is 2.21. The number of carboxylic acid groups (broad SMARTS) is 1. The van der Waals surface area contributed by atoms with Gasteiger partial charge in [0.25, 0.3) is 11.5 Å². The number of carbonyl (C=O) groups excluding carboxylic acids is 1. The van der Waals surface area contributed by atoms with E-state index in [9.17, 15) is 18.8 Å². The van der Waals surface area contributed by atoms with Gasteiger partial charge in [-0.25, -0.2) is 9.37 Å². The minimum absolute atomic E-state index is 0.000658. The first kappa shape index (κ1) is 22.8. The molecule has 2 aromatic heterocycles. The van der Waals surface area contributed by atoms with E-state index >= 15 is 0 Å². The van der Waals surface area contributed by atoms with Crippen molar-refractivity contribution in [2.45, 2.75) is 51.5 Å². The summed E-state index contributed by atoms with van der Waals surface area (Å²) in [7, 11) is 0. The highest BCUT2D eigenvalue weighted by atomic mass is 32.1. The third kappa shape index (κ3) is 5.54. The van der Waals surface area contributed by atoms with Crippen LogP contribution in [0.1, 0.15) is 58.6 Å². The molecule has 1 aromatic carbocycles. The van der Waals surface area contributed by atoms with Crippen LogP contribution in [0.5, 0.6) is 0 Å². The molecule has 0 fully saturated rings. The number of halogens is 1. The third-order valence-electron chi connectivity index (χ3n) is 5.68. The lowest BCUT2D eigenvalue weighted by molar-refractivity contribution is -0.136. The number of benzene rings is 1. The summed E-state index contributed by atoms with van der Waals surface area (Å²) in [6, 6.07) is 7.79. The number of aromatic nitrogens is 2. The van der Waals surface area contributed by atoms with Crippen LogP contribution < -0.4 is 10.9 Å². The lowest BCUT2D eigenvalue weighted by atomic mass is 9.95. The molecule has 0 atom stereocenters. The second-order valence-corrected chi connectivity index (χ2v) is 8.99. The number of thiazole rings is 1.